The number of hydrogen-bond acceptors (Lipinski definition) is 2. The molecule has 114 valence electrons. The molecule has 1 amide bonds. The average Bonchev–Trinajstić information content (AvgIpc) is 2.76. The highest BCUT2D eigenvalue weighted by Gasteiger charge is 2.39. The highest BCUT2D eigenvalue weighted by atomic mass is 19.4. The summed E-state index contributed by atoms with van der Waals surface area (Å²) in [6.07, 6.45) is -4.02. The van der Waals surface area contributed by atoms with Gasteiger partial charge in [0.15, 0.2) is 5.96 Å². The van der Waals surface area contributed by atoms with Crippen LogP contribution in [-0.4, -0.2) is 18.4 Å². The molecular formula is C13H13F4N3O. The largest absolute Gasteiger partial charge is 0.416 e. The lowest BCUT2D eigenvalue weighted by Gasteiger charge is -2.16. The van der Waals surface area contributed by atoms with E-state index in [9.17, 15) is 22.4 Å². The van der Waals surface area contributed by atoms with Crippen LogP contribution in [0.15, 0.2) is 23.2 Å². The van der Waals surface area contributed by atoms with Gasteiger partial charge in [-0.05, 0) is 24.1 Å². The number of guanidine groups is 1. The quantitative estimate of drug-likeness (QED) is 0.842. The molecule has 1 aromatic carbocycles. The van der Waals surface area contributed by atoms with Crippen molar-refractivity contribution in [1.82, 2.24) is 10.6 Å². The Morgan fingerprint density at radius 3 is 2.67 bits per heavy atom. The van der Waals surface area contributed by atoms with Gasteiger partial charge in [0.2, 0.25) is 0 Å². The van der Waals surface area contributed by atoms with Crippen LogP contribution in [0, 0.1) is 5.82 Å². The normalized spacial score (nSPS) is 20.5. The molecule has 8 heteroatoms. The van der Waals surface area contributed by atoms with E-state index in [4.69, 9.17) is 0 Å². The first-order chi connectivity index (χ1) is 9.82. The number of amides is 1. The van der Waals surface area contributed by atoms with Crippen molar-refractivity contribution in [2.75, 3.05) is 6.54 Å². The van der Waals surface area contributed by atoms with Gasteiger partial charge in [-0.1, -0.05) is 13.0 Å². The van der Waals surface area contributed by atoms with Gasteiger partial charge >= 0.3 is 6.18 Å². The van der Waals surface area contributed by atoms with Gasteiger partial charge in [0.25, 0.3) is 5.91 Å². The molecule has 1 aliphatic heterocycles. The van der Waals surface area contributed by atoms with Gasteiger partial charge < -0.3 is 5.32 Å². The molecule has 1 unspecified atom stereocenters. The first-order valence-electron chi connectivity index (χ1n) is 6.31. The predicted octanol–water partition coefficient (Wildman–Crippen LogP) is 2.37. The lowest BCUT2D eigenvalue weighted by atomic mass is 10.00. The molecule has 0 bridgehead atoms. The van der Waals surface area contributed by atoms with E-state index in [1.165, 1.54) is 0 Å². The van der Waals surface area contributed by atoms with Crippen molar-refractivity contribution in [3.63, 3.8) is 0 Å². The molecule has 0 aliphatic carbocycles. The number of nitrogens with one attached hydrogen (secondary N) is 2. The molecular weight excluding hydrogens is 290 g/mol. The zero-order chi connectivity index (χ0) is 15.6. The van der Waals surface area contributed by atoms with E-state index in [2.05, 4.69) is 15.6 Å². The fourth-order valence-corrected chi connectivity index (χ4v) is 1.98. The summed E-state index contributed by atoms with van der Waals surface area (Å²) in [6, 6.07) is 0.988. The maximum atomic E-state index is 13.1. The van der Waals surface area contributed by atoms with Gasteiger partial charge in [-0.15, -0.1) is 0 Å². The van der Waals surface area contributed by atoms with Crippen molar-refractivity contribution in [2.24, 2.45) is 4.99 Å². The van der Waals surface area contributed by atoms with E-state index in [0.29, 0.717) is 12.6 Å². The molecule has 0 saturated carbocycles. The van der Waals surface area contributed by atoms with E-state index in [-0.39, 0.29) is 11.5 Å². The molecule has 0 radical (unpaired) electrons. The first-order valence-corrected chi connectivity index (χ1v) is 6.31. The van der Waals surface area contributed by atoms with E-state index in [1.807, 2.05) is 6.92 Å². The molecule has 2 N–H and O–H groups in total. The molecule has 1 aromatic rings. The standard InChI is InChI=1S/C13H13F4N3O/c1-2-5-18-12-19-10(11(21)20-12)8-4-3-7(14)6-9(8)13(15,16)17/h3-4,6,10H,2,5H2,1H3,(H2,18,19,20,21). The molecule has 4 nitrogen and oxygen atoms in total. The summed E-state index contributed by atoms with van der Waals surface area (Å²) in [5.74, 6) is -1.53. The number of nitrogens with zero attached hydrogens (tertiary/aromatic N) is 1. The topological polar surface area (TPSA) is 53.5 Å². The summed E-state index contributed by atoms with van der Waals surface area (Å²) in [5, 5.41) is 4.96. The molecule has 1 saturated heterocycles. The van der Waals surface area contributed by atoms with Crippen LogP contribution in [0.3, 0.4) is 0 Å². The Balaban J connectivity index is 2.37. The van der Waals surface area contributed by atoms with E-state index < -0.39 is 29.5 Å². The Labute approximate surface area is 118 Å². The van der Waals surface area contributed by atoms with E-state index in [0.717, 1.165) is 18.6 Å². The third-order valence-corrected chi connectivity index (χ3v) is 2.91. The van der Waals surface area contributed by atoms with Gasteiger partial charge in [0.1, 0.15) is 11.9 Å². The molecule has 0 aromatic heterocycles. The number of benzene rings is 1. The summed E-state index contributed by atoms with van der Waals surface area (Å²) in [6.45, 7) is 2.31. The van der Waals surface area contributed by atoms with Crippen molar-refractivity contribution in [2.45, 2.75) is 25.6 Å². The smallest absolute Gasteiger partial charge is 0.340 e. The highest BCUT2D eigenvalue weighted by Crippen LogP contribution is 2.35. The summed E-state index contributed by atoms with van der Waals surface area (Å²) < 4.78 is 51.9. The number of halogens is 4. The van der Waals surface area contributed by atoms with Crippen LogP contribution < -0.4 is 10.6 Å². The number of carbonyl (C=O) groups excluding carboxylic acids is 1. The predicted molar refractivity (Wildman–Crippen MR) is 68.0 cm³/mol. The van der Waals surface area contributed by atoms with Crippen LogP contribution in [-0.2, 0) is 11.0 Å². The van der Waals surface area contributed by atoms with Crippen molar-refractivity contribution < 1.29 is 22.4 Å². The number of rotatable bonds is 3. The van der Waals surface area contributed by atoms with Crippen molar-refractivity contribution in [3.8, 4) is 0 Å². The summed E-state index contributed by atoms with van der Waals surface area (Å²) in [5.41, 5.74) is -1.50. The number of aliphatic imine (C=N–C) groups is 1. The van der Waals surface area contributed by atoms with Crippen LogP contribution in [0.5, 0.6) is 0 Å². The molecule has 1 fully saturated rings. The van der Waals surface area contributed by atoms with Crippen LogP contribution in [0.4, 0.5) is 17.6 Å². The number of hydrogen-bond donors (Lipinski definition) is 2. The minimum absolute atomic E-state index is 0.129. The Hall–Kier alpha value is -2.12. The second kappa shape index (κ2) is 5.71. The third kappa shape index (κ3) is 3.32. The Bertz CT molecular complexity index is 583. The molecule has 0 spiro atoms. The van der Waals surface area contributed by atoms with Gasteiger partial charge in [-0.2, -0.15) is 13.2 Å². The van der Waals surface area contributed by atoms with E-state index >= 15 is 0 Å². The Morgan fingerprint density at radius 2 is 2.05 bits per heavy atom. The average molecular weight is 303 g/mol. The Kier molecular flexibility index (Phi) is 4.15. The van der Waals surface area contributed by atoms with Crippen molar-refractivity contribution in [1.29, 1.82) is 0 Å². The SMILES string of the molecule is CCCN=C1NC(=O)C(c2ccc(F)cc2C(F)(F)F)N1. The third-order valence-electron chi connectivity index (χ3n) is 2.91. The fourth-order valence-electron chi connectivity index (χ4n) is 1.98. The lowest BCUT2D eigenvalue weighted by Crippen LogP contribution is -2.26. The zero-order valence-corrected chi connectivity index (χ0v) is 11.1. The van der Waals surface area contributed by atoms with Gasteiger partial charge in [0, 0.05) is 6.54 Å². The maximum absolute atomic E-state index is 13.1. The van der Waals surface area contributed by atoms with Gasteiger partial charge in [-0.3, -0.25) is 15.1 Å². The molecule has 1 aliphatic rings. The van der Waals surface area contributed by atoms with Crippen molar-refractivity contribution in [3.05, 3.63) is 35.1 Å². The second-order valence-corrected chi connectivity index (χ2v) is 4.53. The molecule has 1 atom stereocenters. The van der Waals surface area contributed by atoms with Crippen LogP contribution >= 0.6 is 0 Å². The summed E-state index contributed by atoms with van der Waals surface area (Å²) >= 11 is 0. The van der Waals surface area contributed by atoms with Crippen molar-refractivity contribution >= 4 is 11.9 Å². The maximum Gasteiger partial charge on any atom is 0.416 e. The van der Waals surface area contributed by atoms with Crippen LogP contribution in [0.2, 0.25) is 0 Å². The summed E-state index contributed by atoms with van der Waals surface area (Å²) in [7, 11) is 0. The molecule has 21 heavy (non-hydrogen) atoms. The number of carbonyl (C=O) groups is 1. The highest BCUT2D eigenvalue weighted by molar-refractivity contribution is 6.06. The van der Waals surface area contributed by atoms with Crippen LogP contribution in [0.1, 0.15) is 30.5 Å². The monoisotopic (exact) mass is 303 g/mol. The molecule has 1 heterocycles. The Morgan fingerprint density at radius 1 is 1.33 bits per heavy atom. The fraction of sp³-hybridized carbons (Fsp3) is 0.385. The van der Waals surface area contributed by atoms with E-state index in [1.54, 1.807) is 0 Å². The van der Waals surface area contributed by atoms with Gasteiger partial charge in [-0.25, -0.2) is 4.39 Å². The minimum Gasteiger partial charge on any atom is -0.340 e. The van der Waals surface area contributed by atoms with Crippen LogP contribution in [0.25, 0.3) is 0 Å². The number of alkyl halides is 3. The first kappa shape index (κ1) is 15.3. The minimum atomic E-state index is -4.75. The zero-order valence-electron chi connectivity index (χ0n) is 11.1. The second-order valence-electron chi connectivity index (χ2n) is 4.53. The lowest BCUT2D eigenvalue weighted by molar-refractivity contribution is -0.138. The summed E-state index contributed by atoms with van der Waals surface area (Å²) in [4.78, 5) is 15.8. The van der Waals surface area contributed by atoms with Gasteiger partial charge in [0.05, 0.1) is 5.56 Å². The molecule has 2 rings (SSSR count).